The van der Waals surface area contributed by atoms with Crippen LogP contribution >= 0.6 is 22.9 Å². The lowest BCUT2D eigenvalue weighted by molar-refractivity contribution is 0.581. The highest BCUT2D eigenvalue weighted by atomic mass is 35.5. The molecule has 4 aromatic rings. The molecule has 0 amide bonds. The molecule has 130 valence electrons. The lowest BCUT2D eigenvalue weighted by Gasteiger charge is -2.07. The molecule has 4 rings (SSSR count). The number of halogens is 1. The third-order valence-corrected chi connectivity index (χ3v) is 6.49. The van der Waals surface area contributed by atoms with Crippen molar-refractivity contribution in [3.63, 3.8) is 0 Å². The standard InChI is InChI=1S/C18H12ClN3O2S2/c19-14-6-8-15(9-7-14)26(23,24)22-17(10-11-20-22)16-12-25-18(21-16)13-4-2-1-3-5-13/h1-12H. The van der Waals surface area contributed by atoms with Gasteiger partial charge in [-0.15, -0.1) is 11.3 Å². The molecule has 0 radical (unpaired) electrons. The maximum absolute atomic E-state index is 12.9. The van der Waals surface area contributed by atoms with Gasteiger partial charge in [-0.1, -0.05) is 41.9 Å². The number of hydrogen-bond acceptors (Lipinski definition) is 5. The SMILES string of the molecule is O=S(=O)(c1ccc(Cl)cc1)n1nccc1-c1csc(-c2ccccc2)n1. The van der Waals surface area contributed by atoms with E-state index in [1.807, 2.05) is 35.7 Å². The van der Waals surface area contributed by atoms with Crippen LogP contribution < -0.4 is 0 Å². The van der Waals surface area contributed by atoms with Crippen LogP contribution in [0.4, 0.5) is 0 Å². The molecule has 0 aliphatic rings. The largest absolute Gasteiger partial charge is 0.283 e. The minimum Gasteiger partial charge on any atom is -0.234 e. The van der Waals surface area contributed by atoms with Crippen molar-refractivity contribution in [3.8, 4) is 22.0 Å². The van der Waals surface area contributed by atoms with Crippen LogP contribution in [0, 0.1) is 0 Å². The van der Waals surface area contributed by atoms with Crippen LogP contribution in [0.15, 0.2) is 77.1 Å². The number of thiazole rings is 1. The first-order chi connectivity index (χ1) is 12.6. The van der Waals surface area contributed by atoms with Gasteiger partial charge in [0.1, 0.15) is 16.4 Å². The normalized spacial score (nSPS) is 11.6. The van der Waals surface area contributed by atoms with E-state index < -0.39 is 10.0 Å². The summed E-state index contributed by atoms with van der Waals surface area (Å²) in [6, 6.07) is 17.4. The van der Waals surface area contributed by atoms with E-state index in [0.717, 1.165) is 14.7 Å². The Labute approximate surface area is 159 Å². The number of hydrogen-bond donors (Lipinski definition) is 0. The fraction of sp³-hybridized carbons (Fsp3) is 0. The summed E-state index contributed by atoms with van der Waals surface area (Å²) in [5.74, 6) is 0. The van der Waals surface area contributed by atoms with Crippen LogP contribution in [0.2, 0.25) is 5.02 Å². The molecule has 0 bridgehead atoms. The van der Waals surface area contributed by atoms with Crippen molar-refractivity contribution in [1.82, 2.24) is 14.2 Å². The fourth-order valence-corrected chi connectivity index (χ4v) is 4.69. The molecular formula is C18H12ClN3O2S2. The van der Waals surface area contributed by atoms with Gasteiger partial charge >= 0.3 is 0 Å². The smallest absolute Gasteiger partial charge is 0.234 e. The third kappa shape index (κ3) is 3.05. The number of rotatable bonds is 4. The van der Waals surface area contributed by atoms with Gasteiger partial charge in [0.2, 0.25) is 0 Å². The maximum Gasteiger partial charge on any atom is 0.283 e. The number of nitrogens with zero attached hydrogens (tertiary/aromatic N) is 3. The second-order valence-electron chi connectivity index (χ2n) is 5.42. The Kier molecular flexibility index (Phi) is 4.36. The van der Waals surface area contributed by atoms with E-state index in [9.17, 15) is 8.42 Å². The van der Waals surface area contributed by atoms with Gasteiger partial charge in [-0.05, 0) is 30.3 Å². The average Bonchev–Trinajstić information content (AvgIpc) is 3.32. The highest BCUT2D eigenvalue weighted by Gasteiger charge is 2.23. The summed E-state index contributed by atoms with van der Waals surface area (Å²) in [5.41, 5.74) is 1.96. The van der Waals surface area contributed by atoms with Gasteiger partial charge < -0.3 is 0 Å². The van der Waals surface area contributed by atoms with Crippen molar-refractivity contribution in [1.29, 1.82) is 0 Å². The van der Waals surface area contributed by atoms with Crippen LogP contribution in [-0.4, -0.2) is 22.6 Å². The molecule has 0 aliphatic heterocycles. The number of benzene rings is 2. The van der Waals surface area contributed by atoms with Crippen LogP contribution in [-0.2, 0) is 10.0 Å². The molecule has 0 N–H and O–H groups in total. The van der Waals surface area contributed by atoms with Gasteiger partial charge in [-0.25, -0.2) is 4.98 Å². The van der Waals surface area contributed by atoms with Crippen LogP contribution in [0.25, 0.3) is 22.0 Å². The number of aromatic nitrogens is 3. The second-order valence-corrected chi connectivity index (χ2v) is 8.48. The van der Waals surface area contributed by atoms with Crippen molar-refractivity contribution >= 4 is 33.0 Å². The topological polar surface area (TPSA) is 64.8 Å². The highest BCUT2D eigenvalue weighted by molar-refractivity contribution is 7.90. The molecule has 0 aliphatic carbocycles. The second kappa shape index (κ2) is 6.68. The van der Waals surface area contributed by atoms with E-state index in [0.29, 0.717) is 16.4 Å². The Bertz CT molecular complexity index is 1150. The molecule has 0 atom stereocenters. The predicted octanol–water partition coefficient (Wildman–Crippen LogP) is 4.56. The molecule has 0 spiro atoms. The molecule has 0 fully saturated rings. The van der Waals surface area contributed by atoms with Gasteiger partial charge in [0.15, 0.2) is 0 Å². The van der Waals surface area contributed by atoms with Gasteiger partial charge in [0.05, 0.1) is 11.1 Å². The molecule has 2 aromatic heterocycles. The van der Waals surface area contributed by atoms with Crippen molar-refractivity contribution in [2.75, 3.05) is 0 Å². The van der Waals surface area contributed by atoms with Gasteiger partial charge in [0, 0.05) is 16.0 Å². The summed E-state index contributed by atoms with van der Waals surface area (Å²) in [5, 5.41) is 7.12. The summed E-state index contributed by atoms with van der Waals surface area (Å²) < 4.78 is 26.8. The van der Waals surface area contributed by atoms with E-state index in [4.69, 9.17) is 11.6 Å². The Morgan fingerprint density at radius 3 is 2.42 bits per heavy atom. The predicted molar refractivity (Wildman–Crippen MR) is 103 cm³/mol. The Morgan fingerprint density at radius 1 is 0.962 bits per heavy atom. The van der Waals surface area contributed by atoms with E-state index in [1.54, 1.807) is 6.07 Å². The Hall–Kier alpha value is -2.48. The average molecular weight is 402 g/mol. The van der Waals surface area contributed by atoms with Crippen LogP contribution in [0.3, 0.4) is 0 Å². The molecule has 8 heteroatoms. The molecule has 2 heterocycles. The summed E-state index contributed by atoms with van der Waals surface area (Å²) in [7, 11) is -3.84. The highest BCUT2D eigenvalue weighted by Crippen LogP contribution is 2.30. The summed E-state index contributed by atoms with van der Waals surface area (Å²) in [6.45, 7) is 0. The first kappa shape index (κ1) is 17.0. The van der Waals surface area contributed by atoms with Gasteiger partial charge in [0.25, 0.3) is 10.0 Å². The maximum atomic E-state index is 12.9. The van der Waals surface area contributed by atoms with Crippen molar-refractivity contribution in [3.05, 3.63) is 77.3 Å². The zero-order chi connectivity index (χ0) is 18.1. The molecule has 0 saturated carbocycles. The lowest BCUT2D eigenvalue weighted by atomic mass is 10.2. The van der Waals surface area contributed by atoms with Crippen molar-refractivity contribution < 1.29 is 8.42 Å². The molecule has 2 aromatic carbocycles. The van der Waals surface area contributed by atoms with E-state index in [2.05, 4.69) is 10.1 Å². The molecule has 0 unspecified atom stereocenters. The summed E-state index contributed by atoms with van der Waals surface area (Å²) in [6.07, 6.45) is 1.45. The van der Waals surface area contributed by atoms with Crippen LogP contribution in [0.1, 0.15) is 0 Å². The van der Waals surface area contributed by atoms with E-state index >= 15 is 0 Å². The monoisotopic (exact) mass is 401 g/mol. The first-order valence-electron chi connectivity index (χ1n) is 7.62. The van der Waals surface area contributed by atoms with Crippen LogP contribution in [0.5, 0.6) is 0 Å². The fourth-order valence-electron chi connectivity index (χ4n) is 2.48. The molecule has 26 heavy (non-hydrogen) atoms. The minimum absolute atomic E-state index is 0.116. The Balaban J connectivity index is 1.76. The first-order valence-corrected chi connectivity index (χ1v) is 10.3. The molecular weight excluding hydrogens is 390 g/mol. The zero-order valence-electron chi connectivity index (χ0n) is 13.3. The van der Waals surface area contributed by atoms with Gasteiger partial charge in [-0.2, -0.15) is 17.6 Å². The molecule has 5 nitrogen and oxygen atoms in total. The van der Waals surface area contributed by atoms with Gasteiger partial charge in [-0.3, -0.25) is 0 Å². The summed E-state index contributed by atoms with van der Waals surface area (Å²) >= 11 is 7.30. The minimum atomic E-state index is -3.84. The quantitative estimate of drug-likeness (QED) is 0.502. The van der Waals surface area contributed by atoms with E-state index in [1.165, 1.54) is 41.8 Å². The third-order valence-electron chi connectivity index (χ3n) is 3.74. The van der Waals surface area contributed by atoms with Crippen molar-refractivity contribution in [2.24, 2.45) is 0 Å². The summed E-state index contributed by atoms with van der Waals surface area (Å²) in [4.78, 5) is 4.69. The molecule has 0 saturated heterocycles. The Morgan fingerprint density at radius 2 is 1.69 bits per heavy atom. The zero-order valence-corrected chi connectivity index (χ0v) is 15.7. The van der Waals surface area contributed by atoms with E-state index in [-0.39, 0.29) is 4.90 Å². The van der Waals surface area contributed by atoms with Crippen molar-refractivity contribution in [2.45, 2.75) is 4.90 Å². The lowest BCUT2D eigenvalue weighted by Crippen LogP contribution is -2.15.